The molecule has 7 nitrogen and oxygen atoms in total. The molecule has 2 aliphatic rings. The average Bonchev–Trinajstić information content (AvgIpc) is 3.57. The minimum atomic E-state index is -0.199. The van der Waals surface area contributed by atoms with E-state index in [-0.39, 0.29) is 11.6 Å². The number of nitrogens with one attached hydrogen (secondary N) is 1. The summed E-state index contributed by atoms with van der Waals surface area (Å²) in [7, 11) is 1.67. The average molecular weight is 480 g/mol. The van der Waals surface area contributed by atoms with Crippen molar-refractivity contribution in [3.63, 3.8) is 0 Å². The Morgan fingerprint density at radius 2 is 1.89 bits per heavy atom. The van der Waals surface area contributed by atoms with Gasteiger partial charge >= 0.3 is 0 Å². The summed E-state index contributed by atoms with van der Waals surface area (Å²) in [5.74, 6) is 2.50. The van der Waals surface area contributed by atoms with Crippen LogP contribution in [0.15, 0.2) is 78.4 Å². The van der Waals surface area contributed by atoms with Gasteiger partial charge in [0, 0.05) is 11.1 Å². The molecule has 1 aromatic heterocycles. The van der Waals surface area contributed by atoms with Gasteiger partial charge in [0.15, 0.2) is 5.82 Å². The Labute approximate surface area is 210 Å². The van der Waals surface area contributed by atoms with Crippen molar-refractivity contribution in [1.29, 1.82) is 0 Å². The number of fused-ring (bicyclic) bond motifs is 1. The van der Waals surface area contributed by atoms with Crippen LogP contribution in [0.1, 0.15) is 47.0 Å². The van der Waals surface area contributed by atoms with Crippen LogP contribution in [-0.4, -0.2) is 33.9 Å². The van der Waals surface area contributed by atoms with Crippen molar-refractivity contribution in [3.8, 4) is 11.5 Å². The molecular weight excluding hydrogens is 450 g/mol. The largest absolute Gasteiger partial charge is 0.497 e. The van der Waals surface area contributed by atoms with Crippen LogP contribution in [0.4, 0.5) is 0 Å². The molecule has 1 aliphatic heterocycles. The third kappa shape index (κ3) is 4.38. The molecule has 4 aromatic rings. The second kappa shape index (κ2) is 9.24. The molecule has 7 heteroatoms. The fourth-order valence-electron chi connectivity index (χ4n) is 4.92. The molecule has 182 valence electrons. The van der Waals surface area contributed by atoms with Crippen molar-refractivity contribution in [2.45, 2.75) is 37.9 Å². The van der Waals surface area contributed by atoms with Gasteiger partial charge in [-0.2, -0.15) is 0 Å². The molecule has 0 spiro atoms. The fourth-order valence-corrected chi connectivity index (χ4v) is 4.92. The van der Waals surface area contributed by atoms with Crippen molar-refractivity contribution in [3.05, 3.63) is 106 Å². The van der Waals surface area contributed by atoms with Gasteiger partial charge in [-0.05, 0) is 71.2 Å². The van der Waals surface area contributed by atoms with Gasteiger partial charge in [0.1, 0.15) is 18.1 Å². The predicted molar refractivity (Wildman–Crippen MR) is 138 cm³/mol. The van der Waals surface area contributed by atoms with Gasteiger partial charge in [-0.15, -0.1) is 5.10 Å². The number of para-hydroxylation sites is 1. The van der Waals surface area contributed by atoms with Crippen LogP contribution in [-0.2, 0) is 12.1 Å². The van der Waals surface area contributed by atoms with Crippen molar-refractivity contribution in [1.82, 2.24) is 25.5 Å². The Morgan fingerprint density at radius 1 is 1.06 bits per heavy atom. The molecule has 0 radical (unpaired) electrons. The molecule has 6 rings (SSSR count). The van der Waals surface area contributed by atoms with E-state index in [1.807, 2.05) is 47.1 Å². The molecule has 1 fully saturated rings. The highest BCUT2D eigenvalue weighted by atomic mass is 16.5. The number of rotatable bonds is 8. The Bertz CT molecular complexity index is 1410. The topological polar surface area (TPSA) is 74.1 Å². The van der Waals surface area contributed by atoms with Crippen LogP contribution in [0.25, 0.3) is 6.08 Å². The number of aromatic nitrogens is 4. The van der Waals surface area contributed by atoms with Crippen LogP contribution >= 0.6 is 0 Å². The summed E-state index contributed by atoms with van der Waals surface area (Å²) in [5.41, 5.74) is 5.74. The molecule has 1 atom stereocenters. The summed E-state index contributed by atoms with van der Waals surface area (Å²) in [6, 6.07) is 24.7. The summed E-state index contributed by atoms with van der Waals surface area (Å²) in [6.45, 7) is 3.18. The zero-order valence-electron chi connectivity index (χ0n) is 20.5. The van der Waals surface area contributed by atoms with Crippen molar-refractivity contribution < 1.29 is 9.47 Å². The molecule has 0 amide bonds. The minimum Gasteiger partial charge on any atom is -0.497 e. The highest BCUT2D eigenvalue weighted by Gasteiger charge is 2.47. The first-order valence-electron chi connectivity index (χ1n) is 12.3. The molecule has 0 bridgehead atoms. The van der Waals surface area contributed by atoms with Gasteiger partial charge in [-0.25, -0.2) is 4.68 Å². The van der Waals surface area contributed by atoms with Gasteiger partial charge in [-0.1, -0.05) is 60.2 Å². The number of benzene rings is 3. The lowest BCUT2D eigenvalue weighted by Crippen LogP contribution is -2.37. The van der Waals surface area contributed by atoms with Crippen LogP contribution in [0.2, 0.25) is 0 Å². The third-order valence-corrected chi connectivity index (χ3v) is 7.08. The Kier molecular flexibility index (Phi) is 5.77. The van der Waals surface area contributed by atoms with Crippen molar-refractivity contribution in [2.75, 3.05) is 13.7 Å². The maximum absolute atomic E-state index is 6.16. The SMILES string of the molecule is COc1ccc(Cn2nnnc2C(NC2(c3cccc(C)c3)CC2)C2=Cc3ccccc3OC2)cc1. The molecule has 1 saturated carbocycles. The highest BCUT2D eigenvalue weighted by molar-refractivity contribution is 5.63. The molecule has 1 unspecified atom stereocenters. The minimum absolute atomic E-state index is 0.106. The summed E-state index contributed by atoms with van der Waals surface area (Å²) < 4.78 is 13.3. The van der Waals surface area contributed by atoms with E-state index in [1.165, 1.54) is 11.1 Å². The zero-order valence-corrected chi connectivity index (χ0v) is 20.5. The van der Waals surface area contributed by atoms with E-state index >= 15 is 0 Å². The smallest absolute Gasteiger partial charge is 0.172 e. The Hall–Kier alpha value is -3.97. The van der Waals surface area contributed by atoms with Gasteiger partial charge in [-0.3, -0.25) is 5.32 Å². The number of ether oxygens (including phenoxy) is 2. The third-order valence-electron chi connectivity index (χ3n) is 7.08. The quantitative estimate of drug-likeness (QED) is 0.390. The van der Waals surface area contributed by atoms with E-state index in [4.69, 9.17) is 9.47 Å². The first kappa shape index (κ1) is 22.5. The standard InChI is InChI=1S/C29H29N5O2/c1-20-6-5-8-24(16-20)29(14-15-29)30-27(23-17-22-7-3-4-9-26(22)36-19-23)28-31-32-33-34(28)18-21-10-12-25(35-2)13-11-21/h3-13,16-17,27,30H,14-15,18-19H2,1-2H3. The van der Waals surface area contributed by atoms with Gasteiger partial charge in [0.25, 0.3) is 0 Å². The van der Waals surface area contributed by atoms with E-state index in [0.29, 0.717) is 13.2 Å². The lowest BCUT2D eigenvalue weighted by molar-refractivity contribution is 0.319. The second-order valence-electron chi connectivity index (χ2n) is 9.62. The first-order valence-corrected chi connectivity index (χ1v) is 12.3. The number of aryl methyl sites for hydroxylation is 1. The number of tetrazole rings is 1. The summed E-state index contributed by atoms with van der Waals surface area (Å²) >= 11 is 0. The molecule has 1 aliphatic carbocycles. The summed E-state index contributed by atoms with van der Waals surface area (Å²) in [5, 5.41) is 16.9. The van der Waals surface area contributed by atoms with Crippen molar-refractivity contribution in [2.24, 2.45) is 0 Å². The van der Waals surface area contributed by atoms with Gasteiger partial charge < -0.3 is 9.47 Å². The van der Waals surface area contributed by atoms with E-state index in [1.54, 1.807) is 7.11 Å². The monoisotopic (exact) mass is 479 g/mol. The lowest BCUT2D eigenvalue weighted by Gasteiger charge is -2.29. The van der Waals surface area contributed by atoms with Gasteiger partial charge in [0.05, 0.1) is 19.7 Å². The second-order valence-corrected chi connectivity index (χ2v) is 9.62. The molecule has 36 heavy (non-hydrogen) atoms. The van der Waals surface area contributed by atoms with Crippen LogP contribution in [0.3, 0.4) is 0 Å². The molecule has 2 heterocycles. The number of hydrogen-bond donors (Lipinski definition) is 1. The molecule has 0 saturated heterocycles. The van der Waals surface area contributed by atoms with Crippen LogP contribution in [0.5, 0.6) is 11.5 Å². The molecule has 3 aromatic carbocycles. The maximum atomic E-state index is 6.16. The highest BCUT2D eigenvalue weighted by Crippen LogP contribution is 2.48. The summed E-state index contributed by atoms with van der Waals surface area (Å²) in [4.78, 5) is 0. The molecule has 1 N–H and O–H groups in total. The fraction of sp³-hybridized carbons (Fsp3) is 0.276. The normalized spacial score (nSPS) is 16.4. The Balaban J connectivity index is 1.38. The molecular formula is C29H29N5O2. The van der Waals surface area contributed by atoms with E-state index in [0.717, 1.165) is 46.9 Å². The van der Waals surface area contributed by atoms with Gasteiger partial charge in [0.2, 0.25) is 0 Å². The Morgan fingerprint density at radius 3 is 2.67 bits per heavy atom. The number of methoxy groups -OCH3 is 1. The first-order chi connectivity index (χ1) is 17.6. The maximum Gasteiger partial charge on any atom is 0.172 e. The number of hydrogen-bond acceptors (Lipinski definition) is 6. The van der Waals surface area contributed by atoms with Crippen molar-refractivity contribution >= 4 is 6.08 Å². The van der Waals surface area contributed by atoms with E-state index < -0.39 is 0 Å². The lowest BCUT2D eigenvalue weighted by atomic mass is 9.96. The number of nitrogens with zero attached hydrogens (tertiary/aromatic N) is 4. The summed E-state index contributed by atoms with van der Waals surface area (Å²) in [6.07, 6.45) is 4.35. The zero-order chi connectivity index (χ0) is 24.5. The van der Waals surface area contributed by atoms with E-state index in [9.17, 15) is 0 Å². The van der Waals surface area contributed by atoms with Crippen LogP contribution in [0, 0.1) is 6.92 Å². The predicted octanol–water partition coefficient (Wildman–Crippen LogP) is 4.83. The van der Waals surface area contributed by atoms with Crippen LogP contribution < -0.4 is 14.8 Å². The van der Waals surface area contributed by atoms with E-state index in [2.05, 4.69) is 64.2 Å².